The van der Waals surface area contributed by atoms with Crippen molar-refractivity contribution < 1.29 is 9.53 Å². The molecule has 0 aromatic carbocycles. The number of carbonyl (C=O) groups excluding carboxylic acids is 1. The Bertz CT molecular complexity index is 525. The van der Waals surface area contributed by atoms with Crippen molar-refractivity contribution in [2.75, 3.05) is 39.3 Å². The molecule has 0 bridgehead atoms. The number of nitrogens with zero attached hydrogens (tertiary/aromatic N) is 2. The minimum atomic E-state index is 0.00360. The number of hydrogen-bond donors (Lipinski definition) is 2. The Balaban J connectivity index is 1.71. The SMILES string of the molecule is CCNC(=NCCCNC(=O)c1cccs1)N1CCC(OCC)CC1. The van der Waals surface area contributed by atoms with Crippen LogP contribution in [0.5, 0.6) is 0 Å². The van der Waals surface area contributed by atoms with Gasteiger partial charge in [0.1, 0.15) is 0 Å². The van der Waals surface area contributed by atoms with Crippen LogP contribution in [-0.2, 0) is 4.74 Å². The first-order chi connectivity index (χ1) is 12.2. The van der Waals surface area contributed by atoms with Gasteiger partial charge in [-0.05, 0) is 44.6 Å². The van der Waals surface area contributed by atoms with Crippen LogP contribution in [0, 0.1) is 0 Å². The Morgan fingerprint density at radius 2 is 2.16 bits per heavy atom. The zero-order valence-corrected chi connectivity index (χ0v) is 16.1. The van der Waals surface area contributed by atoms with Crippen LogP contribution in [0.4, 0.5) is 0 Å². The van der Waals surface area contributed by atoms with Gasteiger partial charge >= 0.3 is 0 Å². The summed E-state index contributed by atoms with van der Waals surface area (Å²) in [5.41, 5.74) is 0. The predicted octanol–water partition coefficient (Wildman–Crippen LogP) is 2.33. The molecule has 0 radical (unpaired) electrons. The second-order valence-corrected chi connectivity index (χ2v) is 6.91. The molecule has 0 unspecified atom stereocenters. The maximum Gasteiger partial charge on any atom is 0.261 e. The minimum absolute atomic E-state index is 0.00360. The fraction of sp³-hybridized carbons (Fsp3) is 0.667. The standard InChI is InChI=1S/C18H30N4O2S/c1-3-19-18(22-12-8-15(9-13-22)24-4-2)21-11-6-10-20-17(23)16-7-5-14-25-16/h5,7,14-15H,3-4,6,8-13H2,1-2H3,(H,19,21)(H,20,23). The van der Waals surface area contributed by atoms with E-state index in [0.29, 0.717) is 19.2 Å². The van der Waals surface area contributed by atoms with Crippen molar-refractivity contribution >= 4 is 23.2 Å². The maximum absolute atomic E-state index is 11.9. The molecule has 25 heavy (non-hydrogen) atoms. The maximum atomic E-state index is 11.9. The molecular weight excluding hydrogens is 336 g/mol. The van der Waals surface area contributed by atoms with Crippen molar-refractivity contribution in [1.29, 1.82) is 0 Å². The van der Waals surface area contributed by atoms with Crippen molar-refractivity contribution in [3.8, 4) is 0 Å². The highest BCUT2D eigenvalue weighted by Crippen LogP contribution is 2.13. The first kappa shape index (κ1) is 19.7. The summed E-state index contributed by atoms with van der Waals surface area (Å²) < 4.78 is 5.71. The highest BCUT2D eigenvalue weighted by atomic mass is 32.1. The van der Waals surface area contributed by atoms with Crippen LogP contribution in [0.2, 0.25) is 0 Å². The second-order valence-electron chi connectivity index (χ2n) is 5.96. The molecule has 1 aliphatic rings. The van der Waals surface area contributed by atoms with Gasteiger partial charge in [0, 0.05) is 39.3 Å². The lowest BCUT2D eigenvalue weighted by atomic mass is 10.1. The molecule has 0 aliphatic carbocycles. The van der Waals surface area contributed by atoms with Gasteiger partial charge in [-0.3, -0.25) is 9.79 Å². The average Bonchev–Trinajstić information content (AvgIpc) is 3.16. The average molecular weight is 367 g/mol. The Labute approximate surface area is 154 Å². The molecule has 0 spiro atoms. The number of piperidine rings is 1. The monoisotopic (exact) mass is 366 g/mol. The van der Waals surface area contributed by atoms with E-state index in [-0.39, 0.29) is 5.91 Å². The van der Waals surface area contributed by atoms with Crippen LogP contribution in [0.25, 0.3) is 0 Å². The van der Waals surface area contributed by atoms with Crippen molar-refractivity contribution in [2.45, 2.75) is 39.2 Å². The van der Waals surface area contributed by atoms with Gasteiger partial charge in [0.25, 0.3) is 5.91 Å². The largest absolute Gasteiger partial charge is 0.378 e. The summed E-state index contributed by atoms with van der Waals surface area (Å²) in [4.78, 5) is 19.6. The highest BCUT2D eigenvalue weighted by molar-refractivity contribution is 7.12. The summed E-state index contributed by atoms with van der Waals surface area (Å²) in [6.07, 6.45) is 3.32. The van der Waals surface area contributed by atoms with Crippen molar-refractivity contribution in [3.63, 3.8) is 0 Å². The zero-order valence-electron chi connectivity index (χ0n) is 15.3. The number of likely N-dealkylation sites (tertiary alicyclic amines) is 1. The molecule has 2 heterocycles. The number of rotatable bonds is 8. The molecule has 2 N–H and O–H groups in total. The van der Waals surface area contributed by atoms with Gasteiger partial charge in [-0.15, -0.1) is 11.3 Å². The molecule has 140 valence electrons. The number of amides is 1. The van der Waals surface area contributed by atoms with Crippen LogP contribution in [0.15, 0.2) is 22.5 Å². The fourth-order valence-corrected chi connectivity index (χ4v) is 3.50. The smallest absolute Gasteiger partial charge is 0.261 e. The third-order valence-electron chi connectivity index (χ3n) is 4.11. The van der Waals surface area contributed by atoms with Gasteiger partial charge in [-0.1, -0.05) is 6.07 Å². The third-order valence-corrected chi connectivity index (χ3v) is 4.97. The Morgan fingerprint density at radius 1 is 1.36 bits per heavy atom. The normalized spacial score (nSPS) is 16.1. The Morgan fingerprint density at radius 3 is 2.80 bits per heavy atom. The lowest BCUT2D eigenvalue weighted by molar-refractivity contribution is 0.0264. The van der Waals surface area contributed by atoms with Gasteiger partial charge in [-0.25, -0.2) is 0 Å². The summed E-state index contributed by atoms with van der Waals surface area (Å²) in [7, 11) is 0. The fourth-order valence-electron chi connectivity index (χ4n) is 2.86. The molecule has 1 aliphatic heterocycles. The second kappa shape index (κ2) is 11.1. The van der Waals surface area contributed by atoms with Crippen LogP contribution >= 0.6 is 11.3 Å². The van der Waals surface area contributed by atoms with Crippen LogP contribution < -0.4 is 10.6 Å². The number of nitrogens with one attached hydrogen (secondary N) is 2. The van der Waals surface area contributed by atoms with E-state index in [4.69, 9.17) is 9.73 Å². The Hall–Kier alpha value is -1.60. The van der Waals surface area contributed by atoms with E-state index in [9.17, 15) is 4.79 Å². The summed E-state index contributed by atoms with van der Waals surface area (Å²) >= 11 is 1.46. The number of carbonyl (C=O) groups is 1. The lowest BCUT2D eigenvalue weighted by Gasteiger charge is -2.34. The predicted molar refractivity (Wildman–Crippen MR) is 103 cm³/mol. The number of thiophene rings is 1. The first-order valence-electron chi connectivity index (χ1n) is 9.21. The van der Waals surface area contributed by atoms with Crippen LogP contribution in [-0.4, -0.2) is 62.2 Å². The minimum Gasteiger partial charge on any atom is -0.378 e. The van der Waals surface area contributed by atoms with Gasteiger partial charge in [0.2, 0.25) is 0 Å². The van der Waals surface area contributed by atoms with Gasteiger partial charge < -0.3 is 20.3 Å². The topological polar surface area (TPSA) is 66.0 Å². The molecule has 1 amide bonds. The van der Waals surface area contributed by atoms with Crippen LogP contribution in [0.3, 0.4) is 0 Å². The summed E-state index contributed by atoms with van der Waals surface area (Å²) in [6.45, 7) is 9.09. The molecule has 1 aromatic heterocycles. The molecule has 1 aromatic rings. The molecule has 6 nitrogen and oxygen atoms in total. The molecule has 2 rings (SSSR count). The van der Waals surface area contributed by atoms with Gasteiger partial charge in [0.05, 0.1) is 11.0 Å². The van der Waals surface area contributed by atoms with Gasteiger partial charge in [-0.2, -0.15) is 0 Å². The van der Waals surface area contributed by atoms with E-state index in [1.807, 2.05) is 17.5 Å². The van der Waals surface area contributed by atoms with E-state index < -0.39 is 0 Å². The van der Waals surface area contributed by atoms with E-state index in [1.165, 1.54) is 11.3 Å². The Kier molecular flexibility index (Phi) is 8.76. The third kappa shape index (κ3) is 6.66. The first-order valence-corrected chi connectivity index (χ1v) is 10.1. The summed E-state index contributed by atoms with van der Waals surface area (Å²) in [5, 5.41) is 8.23. The quantitative estimate of drug-likeness (QED) is 0.421. The van der Waals surface area contributed by atoms with E-state index in [0.717, 1.165) is 56.3 Å². The number of guanidine groups is 1. The van der Waals surface area contributed by atoms with Crippen LogP contribution in [0.1, 0.15) is 42.8 Å². The molecule has 0 atom stereocenters. The highest BCUT2D eigenvalue weighted by Gasteiger charge is 2.21. The zero-order chi connectivity index (χ0) is 17.9. The molecule has 7 heteroatoms. The van der Waals surface area contributed by atoms with E-state index in [2.05, 4.69) is 29.4 Å². The number of ether oxygens (including phenoxy) is 1. The summed E-state index contributed by atoms with van der Waals surface area (Å²) in [6, 6.07) is 3.73. The van der Waals surface area contributed by atoms with Crippen molar-refractivity contribution in [3.05, 3.63) is 22.4 Å². The van der Waals surface area contributed by atoms with Crippen molar-refractivity contribution in [2.24, 2.45) is 4.99 Å². The number of hydrogen-bond acceptors (Lipinski definition) is 4. The lowest BCUT2D eigenvalue weighted by Crippen LogP contribution is -2.47. The van der Waals surface area contributed by atoms with Gasteiger partial charge in [0.15, 0.2) is 5.96 Å². The molecule has 0 saturated carbocycles. The number of aliphatic imine (C=N–C) groups is 1. The molecular formula is C18H30N4O2S. The molecule has 1 fully saturated rings. The van der Waals surface area contributed by atoms with E-state index >= 15 is 0 Å². The van der Waals surface area contributed by atoms with Crippen molar-refractivity contribution in [1.82, 2.24) is 15.5 Å². The van der Waals surface area contributed by atoms with E-state index in [1.54, 1.807) is 0 Å². The summed E-state index contributed by atoms with van der Waals surface area (Å²) in [5.74, 6) is 0.978. The molecule has 1 saturated heterocycles.